The summed E-state index contributed by atoms with van der Waals surface area (Å²) in [5.74, 6) is 0.854. The number of aromatic nitrogens is 1. The number of anilines is 1. The predicted molar refractivity (Wildman–Crippen MR) is 99.3 cm³/mol. The van der Waals surface area contributed by atoms with Crippen LogP contribution in [0.5, 0.6) is 5.75 Å². The molecule has 5 heteroatoms. The minimum absolute atomic E-state index is 0.214. The highest BCUT2D eigenvalue weighted by Gasteiger charge is 2.14. The van der Waals surface area contributed by atoms with Crippen molar-refractivity contribution in [2.45, 2.75) is 26.2 Å². The van der Waals surface area contributed by atoms with Crippen LogP contribution in [0.4, 0.5) is 5.13 Å². The molecule has 0 aliphatic rings. The molecule has 3 aromatic rings. The molecule has 0 saturated heterocycles. The first-order valence-corrected chi connectivity index (χ1v) is 8.79. The normalized spacial score (nSPS) is 12.1. The van der Waals surface area contributed by atoms with Crippen molar-refractivity contribution in [1.82, 2.24) is 4.98 Å². The molecule has 1 aromatic heterocycles. The molecule has 0 fully saturated rings. The van der Waals surface area contributed by atoms with E-state index in [1.54, 1.807) is 19.2 Å². The summed E-state index contributed by atoms with van der Waals surface area (Å²) in [5, 5.41) is 3.47. The number of benzene rings is 2. The number of fused-ring (bicyclic) bond motifs is 1. The first-order chi connectivity index (χ1) is 11.6. The molecule has 0 aliphatic heterocycles. The van der Waals surface area contributed by atoms with E-state index in [2.05, 4.69) is 36.3 Å². The molecular weight excluding hydrogens is 320 g/mol. The monoisotopic (exact) mass is 340 g/mol. The van der Waals surface area contributed by atoms with Gasteiger partial charge in [-0.25, -0.2) is 4.98 Å². The maximum absolute atomic E-state index is 12.5. The minimum Gasteiger partial charge on any atom is -0.496 e. The third-order valence-corrected chi connectivity index (χ3v) is 5.10. The van der Waals surface area contributed by atoms with Crippen LogP contribution < -0.4 is 10.1 Å². The number of nitrogens with one attached hydrogen (secondary N) is 1. The van der Waals surface area contributed by atoms with E-state index in [4.69, 9.17) is 4.74 Å². The van der Waals surface area contributed by atoms with Gasteiger partial charge in [-0.05, 0) is 42.2 Å². The fourth-order valence-electron chi connectivity index (χ4n) is 2.53. The first kappa shape index (κ1) is 16.5. The SMILES string of the molecule is CCC(C)c1ccc2nc(NC(=O)c3ccccc3OC)sc2c1. The first-order valence-electron chi connectivity index (χ1n) is 7.97. The number of hydrogen-bond donors (Lipinski definition) is 1. The van der Waals surface area contributed by atoms with E-state index in [-0.39, 0.29) is 5.91 Å². The number of thiazole rings is 1. The van der Waals surface area contributed by atoms with Crippen molar-refractivity contribution in [3.63, 3.8) is 0 Å². The van der Waals surface area contributed by atoms with Crippen LogP contribution in [0.2, 0.25) is 0 Å². The second-order valence-electron chi connectivity index (χ2n) is 5.71. The Morgan fingerprint density at radius 1 is 1.29 bits per heavy atom. The Kier molecular flexibility index (Phi) is 4.81. The molecule has 124 valence electrons. The number of rotatable bonds is 5. The lowest BCUT2D eigenvalue weighted by atomic mass is 9.99. The number of para-hydroxylation sites is 1. The Labute approximate surface area is 145 Å². The molecule has 2 aromatic carbocycles. The zero-order valence-corrected chi connectivity index (χ0v) is 14.8. The van der Waals surface area contributed by atoms with E-state index in [1.165, 1.54) is 16.9 Å². The second-order valence-corrected chi connectivity index (χ2v) is 6.74. The Morgan fingerprint density at radius 2 is 2.08 bits per heavy atom. The standard InChI is InChI=1S/C19H20N2O2S/c1-4-12(2)13-9-10-15-17(11-13)24-19(20-15)21-18(22)14-7-5-6-8-16(14)23-3/h5-12H,4H2,1-3H3,(H,20,21,22). The van der Waals surface area contributed by atoms with Crippen LogP contribution in [0.1, 0.15) is 42.1 Å². The lowest BCUT2D eigenvalue weighted by molar-refractivity contribution is 0.102. The van der Waals surface area contributed by atoms with Crippen LogP contribution in [0, 0.1) is 0 Å². The van der Waals surface area contributed by atoms with Gasteiger partial charge in [0.1, 0.15) is 5.75 Å². The van der Waals surface area contributed by atoms with Gasteiger partial charge in [-0.15, -0.1) is 0 Å². The van der Waals surface area contributed by atoms with Crippen LogP contribution in [0.3, 0.4) is 0 Å². The summed E-state index contributed by atoms with van der Waals surface area (Å²) in [6.45, 7) is 4.40. The molecule has 4 nitrogen and oxygen atoms in total. The van der Waals surface area contributed by atoms with E-state index >= 15 is 0 Å². The van der Waals surface area contributed by atoms with Crippen LogP contribution in [0.25, 0.3) is 10.2 Å². The van der Waals surface area contributed by atoms with Gasteiger partial charge >= 0.3 is 0 Å². The van der Waals surface area contributed by atoms with E-state index in [0.29, 0.717) is 22.4 Å². The largest absolute Gasteiger partial charge is 0.496 e. The zero-order valence-electron chi connectivity index (χ0n) is 14.0. The Balaban J connectivity index is 1.86. The number of carbonyl (C=O) groups is 1. The van der Waals surface area contributed by atoms with Gasteiger partial charge in [0, 0.05) is 0 Å². The van der Waals surface area contributed by atoms with Crippen molar-refractivity contribution >= 4 is 32.6 Å². The third kappa shape index (κ3) is 3.26. The number of hydrogen-bond acceptors (Lipinski definition) is 4. The summed E-state index contributed by atoms with van der Waals surface area (Å²) >= 11 is 1.49. The van der Waals surface area contributed by atoms with Gasteiger partial charge in [-0.1, -0.05) is 43.4 Å². The van der Waals surface area contributed by atoms with Gasteiger partial charge in [0.15, 0.2) is 5.13 Å². The molecule has 0 radical (unpaired) electrons. The molecule has 24 heavy (non-hydrogen) atoms. The molecule has 0 bridgehead atoms. The molecule has 0 spiro atoms. The Bertz CT molecular complexity index is 873. The van der Waals surface area contributed by atoms with Gasteiger partial charge < -0.3 is 4.74 Å². The molecule has 3 rings (SSSR count). The lowest BCUT2D eigenvalue weighted by Gasteiger charge is -2.07. The number of carbonyl (C=O) groups excluding carboxylic acids is 1. The second kappa shape index (κ2) is 7.01. The maximum atomic E-state index is 12.5. The van der Waals surface area contributed by atoms with Crippen molar-refractivity contribution in [3.05, 3.63) is 53.6 Å². The average Bonchev–Trinajstić information content (AvgIpc) is 3.02. The molecule has 1 heterocycles. The highest BCUT2D eigenvalue weighted by Crippen LogP contribution is 2.30. The van der Waals surface area contributed by atoms with E-state index in [0.717, 1.165) is 16.6 Å². The fraction of sp³-hybridized carbons (Fsp3) is 0.263. The number of amides is 1. The third-order valence-electron chi connectivity index (χ3n) is 4.17. The molecule has 1 atom stereocenters. The predicted octanol–water partition coefficient (Wildman–Crippen LogP) is 5.07. The van der Waals surface area contributed by atoms with E-state index in [1.807, 2.05) is 18.2 Å². The van der Waals surface area contributed by atoms with Crippen LogP contribution in [-0.2, 0) is 0 Å². The van der Waals surface area contributed by atoms with Crippen molar-refractivity contribution in [1.29, 1.82) is 0 Å². The summed E-state index contributed by atoms with van der Waals surface area (Å²) in [5.41, 5.74) is 2.71. The molecule has 0 saturated carbocycles. The van der Waals surface area contributed by atoms with Crippen molar-refractivity contribution in [3.8, 4) is 5.75 Å². The van der Waals surface area contributed by atoms with Gasteiger partial charge in [-0.3, -0.25) is 10.1 Å². The van der Waals surface area contributed by atoms with E-state index in [9.17, 15) is 4.79 Å². The Hall–Kier alpha value is -2.40. The number of nitrogens with zero attached hydrogens (tertiary/aromatic N) is 1. The highest BCUT2D eigenvalue weighted by atomic mass is 32.1. The van der Waals surface area contributed by atoms with Crippen molar-refractivity contribution in [2.24, 2.45) is 0 Å². The number of ether oxygens (including phenoxy) is 1. The summed E-state index contributed by atoms with van der Waals surface area (Å²) < 4.78 is 6.33. The lowest BCUT2D eigenvalue weighted by Crippen LogP contribution is -2.12. The zero-order chi connectivity index (χ0) is 17.1. The van der Waals surface area contributed by atoms with Crippen LogP contribution in [0.15, 0.2) is 42.5 Å². The van der Waals surface area contributed by atoms with Crippen molar-refractivity contribution in [2.75, 3.05) is 12.4 Å². The maximum Gasteiger partial charge on any atom is 0.261 e. The highest BCUT2D eigenvalue weighted by molar-refractivity contribution is 7.22. The van der Waals surface area contributed by atoms with Gasteiger partial charge in [-0.2, -0.15) is 0 Å². The average molecular weight is 340 g/mol. The van der Waals surface area contributed by atoms with Gasteiger partial charge in [0.2, 0.25) is 0 Å². The summed E-state index contributed by atoms with van der Waals surface area (Å²) in [6, 6.07) is 13.5. The van der Waals surface area contributed by atoms with Crippen LogP contribution in [-0.4, -0.2) is 18.0 Å². The van der Waals surface area contributed by atoms with Crippen molar-refractivity contribution < 1.29 is 9.53 Å². The fourth-order valence-corrected chi connectivity index (χ4v) is 3.44. The Morgan fingerprint density at radius 3 is 2.83 bits per heavy atom. The molecule has 1 amide bonds. The quantitative estimate of drug-likeness (QED) is 0.705. The van der Waals surface area contributed by atoms with E-state index < -0.39 is 0 Å². The molecule has 1 N–H and O–H groups in total. The van der Waals surface area contributed by atoms with Gasteiger partial charge in [0.25, 0.3) is 5.91 Å². The molecule has 0 aliphatic carbocycles. The number of methoxy groups -OCH3 is 1. The molecule has 1 unspecified atom stereocenters. The molecular formula is C19H20N2O2S. The summed E-state index contributed by atoms with van der Waals surface area (Å²) in [4.78, 5) is 17.0. The summed E-state index contributed by atoms with van der Waals surface area (Å²) in [7, 11) is 1.56. The minimum atomic E-state index is -0.214. The smallest absolute Gasteiger partial charge is 0.261 e. The summed E-state index contributed by atoms with van der Waals surface area (Å²) in [6.07, 6.45) is 1.10. The van der Waals surface area contributed by atoms with Gasteiger partial charge in [0.05, 0.1) is 22.9 Å². The topological polar surface area (TPSA) is 51.2 Å². The van der Waals surface area contributed by atoms with Crippen LogP contribution >= 0.6 is 11.3 Å².